The highest BCUT2D eigenvalue weighted by atomic mass is 32.2. The molecule has 0 aliphatic carbocycles. The van der Waals surface area contributed by atoms with Crippen molar-refractivity contribution in [1.29, 1.82) is 4.78 Å². The molecule has 1 N–H and O–H groups in total. The molecule has 1 aliphatic heterocycles. The first-order chi connectivity index (χ1) is 5.01. The van der Waals surface area contributed by atoms with Crippen molar-refractivity contribution >= 4 is 15.3 Å². The van der Waals surface area contributed by atoms with E-state index in [2.05, 4.69) is 24.6 Å². The largest absolute Gasteiger partial charge is 0.299 e. The van der Waals surface area contributed by atoms with Gasteiger partial charge in [0.15, 0.2) is 0 Å². The van der Waals surface area contributed by atoms with Crippen molar-refractivity contribution in [2.75, 3.05) is 24.6 Å². The third-order valence-electron chi connectivity index (χ3n) is 2.27. The summed E-state index contributed by atoms with van der Waals surface area (Å²) in [5, 5.41) is 0. The summed E-state index contributed by atoms with van der Waals surface area (Å²) in [6.45, 7) is 6.60. The van der Waals surface area contributed by atoms with Crippen molar-refractivity contribution < 1.29 is 0 Å². The van der Waals surface area contributed by atoms with E-state index in [-0.39, 0.29) is 0 Å². The number of nitrogens with zero attached hydrogens (tertiary/aromatic N) is 1. The van der Waals surface area contributed by atoms with Gasteiger partial charge in [-0.05, 0) is 13.8 Å². The fraction of sp³-hybridized carbons (Fsp3) is 0.875. The zero-order valence-electron chi connectivity index (χ0n) is 7.47. The lowest BCUT2D eigenvalue weighted by Gasteiger charge is -2.33. The van der Waals surface area contributed by atoms with Crippen LogP contribution in [0.3, 0.4) is 0 Å². The molecule has 3 heteroatoms. The van der Waals surface area contributed by atoms with Gasteiger partial charge < -0.3 is 0 Å². The van der Waals surface area contributed by atoms with Gasteiger partial charge in [-0.1, -0.05) is 5.87 Å². The Morgan fingerprint density at radius 3 is 2.18 bits per heavy atom. The van der Waals surface area contributed by atoms with Crippen LogP contribution in [0.4, 0.5) is 0 Å². The van der Waals surface area contributed by atoms with E-state index >= 15 is 0 Å². The molecule has 0 aromatic carbocycles. The summed E-state index contributed by atoms with van der Waals surface area (Å²) in [7, 11) is -1.19. The molecule has 0 aromatic heterocycles. The molecule has 0 amide bonds. The fourth-order valence-electron chi connectivity index (χ4n) is 1.31. The lowest BCUT2D eigenvalue weighted by molar-refractivity contribution is 0.244. The summed E-state index contributed by atoms with van der Waals surface area (Å²) in [4.78, 5) is 2.44. The molecular weight excluding hydrogens is 156 g/mol. The van der Waals surface area contributed by atoms with Crippen molar-refractivity contribution in [3.63, 3.8) is 0 Å². The maximum atomic E-state index is 7.80. The minimum atomic E-state index is -1.19. The van der Waals surface area contributed by atoms with Crippen LogP contribution >= 0.6 is 0 Å². The van der Waals surface area contributed by atoms with E-state index in [1.807, 2.05) is 0 Å². The maximum absolute atomic E-state index is 7.80. The van der Waals surface area contributed by atoms with E-state index in [9.17, 15) is 0 Å². The molecule has 2 nitrogen and oxygen atoms in total. The minimum absolute atomic E-state index is 0.644. The summed E-state index contributed by atoms with van der Waals surface area (Å²) < 4.78 is 7.80. The van der Waals surface area contributed by atoms with E-state index in [1.165, 1.54) is 0 Å². The lowest BCUT2D eigenvalue weighted by Crippen LogP contribution is -2.43. The van der Waals surface area contributed by atoms with Gasteiger partial charge in [0, 0.05) is 30.6 Å². The Balaban J connectivity index is 2.49. The SMILES string of the molecule is C=S1(=N)CCN(C(C)C)CC1. The van der Waals surface area contributed by atoms with Crippen LogP contribution in [0.2, 0.25) is 0 Å². The Kier molecular flexibility index (Phi) is 2.60. The standard InChI is InChI=1S/C8H18N2S/c1-8(2)10-4-6-11(3,9)7-5-10/h8-9H,3-7H2,1-2H3. The first-order valence-electron chi connectivity index (χ1n) is 4.12. The molecule has 11 heavy (non-hydrogen) atoms. The molecule has 1 saturated heterocycles. The summed E-state index contributed by atoms with van der Waals surface area (Å²) in [6, 6.07) is 0.644. The van der Waals surface area contributed by atoms with E-state index in [0.29, 0.717) is 6.04 Å². The van der Waals surface area contributed by atoms with Gasteiger partial charge in [-0.15, -0.1) is 9.41 Å². The van der Waals surface area contributed by atoms with Gasteiger partial charge in [0.05, 0.1) is 0 Å². The molecule has 1 fully saturated rings. The molecule has 0 bridgehead atoms. The van der Waals surface area contributed by atoms with E-state index < -0.39 is 9.41 Å². The molecule has 1 aliphatic rings. The first-order valence-corrected chi connectivity index (χ1v) is 6.26. The first kappa shape index (κ1) is 9.07. The minimum Gasteiger partial charge on any atom is -0.299 e. The van der Waals surface area contributed by atoms with E-state index in [0.717, 1.165) is 24.6 Å². The van der Waals surface area contributed by atoms with Gasteiger partial charge in [-0.2, -0.15) is 0 Å². The van der Waals surface area contributed by atoms with Gasteiger partial charge >= 0.3 is 0 Å². The van der Waals surface area contributed by atoms with Crippen LogP contribution in [-0.4, -0.2) is 41.4 Å². The Hall–Kier alpha value is -0.0200. The van der Waals surface area contributed by atoms with Gasteiger partial charge in [-0.25, -0.2) is 0 Å². The van der Waals surface area contributed by atoms with Crippen LogP contribution in [0, 0.1) is 4.78 Å². The van der Waals surface area contributed by atoms with Crippen LogP contribution in [0.15, 0.2) is 0 Å². The summed E-state index contributed by atoms with van der Waals surface area (Å²) in [5.41, 5.74) is 0. The molecule has 1 rings (SSSR count). The van der Waals surface area contributed by atoms with Gasteiger partial charge in [0.25, 0.3) is 0 Å². The number of rotatable bonds is 1. The average molecular weight is 174 g/mol. The van der Waals surface area contributed by atoms with Crippen molar-refractivity contribution in [3.8, 4) is 0 Å². The third kappa shape index (κ3) is 2.49. The molecule has 0 atom stereocenters. The zero-order valence-corrected chi connectivity index (χ0v) is 8.28. The monoisotopic (exact) mass is 174 g/mol. The molecule has 0 aromatic rings. The van der Waals surface area contributed by atoms with Crippen molar-refractivity contribution in [1.82, 2.24) is 4.90 Å². The zero-order chi connectivity index (χ0) is 8.48. The second-order valence-electron chi connectivity index (χ2n) is 3.58. The van der Waals surface area contributed by atoms with Crippen molar-refractivity contribution in [2.45, 2.75) is 19.9 Å². The van der Waals surface area contributed by atoms with E-state index in [1.54, 1.807) is 0 Å². The molecule has 0 unspecified atom stereocenters. The average Bonchev–Trinajstić information content (AvgIpc) is 1.86. The highest BCUT2D eigenvalue weighted by Gasteiger charge is 2.16. The maximum Gasteiger partial charge on any atom is 0.0107 e. The molecular formula is C8H18N2S. The molecule has 1 heterocycles. The third-order valence-corrected chi connectivity index (χ3v) is 4.20. The highest BCUT2D eigenvalue weighted by molar-refractivity contribution is 8.01. The lowest BCUT2D eigenvalue weighted by atomic mass is 10.3. The van der Waals surface area contributed by atoms with Gasteiger partial charge in [0.2, 0.25) is 0 Å². The molecule has 0 radical (unpaired) electrons. The number of nitrogens with one attached hydrogen (secondary N) is 1. The van der Waals surface area contributed by atoms with Crippen LogP contribution in [0.5, 0.6) is 0 Å². The topological polar surface area (TPSA) is 27.1 Å². The Morgan fingerprint density at radius 1 is 1.36 bits per heavy atom. The Morgan fingerprint density at radius 2 is 1.82 bits per heavy atom. The molecule has 0 spiro atoms. The summed E-state index contributed by atoms with van der Waals surface area (Å²) in [6.07, 6.45) is 0. The predicted octanol–water partition coefficient (Wildman–Crippen LogP) is 1.06. The number of hydrogen-bond donors (Lipinski definition) is 1. The molecule has 66 valence electrons. The van der Waals surface area contributed by atoms with Crippen molar-refractivity contribution in [3.05, 3.63) is 0 Å². The second kappa shape index (κ2) is 3.15. The summed E-state index contributed by atoms with van der Waals surface area (Å²) in [5.74, 6) is 5.96. The quantitative estimate of drug-likeness (QED) is 0.591. The summed E-state index contributed by atoms with van der Waals surface area (Å²) >= 11 is 0. The van der Waals surface area contributed by atoms with Crippen LogP contribution in [0.25, 0.3) is 0 Å². The highest BCUT2D eigenvalue weighted by Crippen LogP contribution is 2.07. The van der Waals surface area contributed by atoms with Crippen LogP contribution in [-0.2, 0) is 9.41 Å². The smallest absolute Gasteiger partial charge is 0.0107 e. The predicted molar refractivity (Wildman–Crippen MR) is 53.6 cm³/mol. The second-order valence-corrected chi connectivity index (χ2v) is 6.49. The van der Waals surface area contributed by atoms with Crippen LogP contribution in [0.1, 0.15) is 13.8 Å². The molecule has 0 saturated carbocycles. The van der Waals surface area contributed by atoms with Gasteiger partial charge in [-0.3, -0.25) is 9.68 Å². The van der Waals surface area contributed by atoms with Crippen LogP contribution < -0.4 is 0 Å². The van der Waals surface area contributed by atoms with E-state index in [4.69, 9.17) is 4.78 Å². The fourth-order valence-corrected chi connectivity index (χ4v) is 2.69. The van der Waals surface area contributed by atoms with Crippen molar-refractivity contribution in [2.24, 2.45) is 0 Å². The van der Waals surface area contributed by atoms with Gasteiger partial charge in [0.1, 0.15) is 0 Å². The number of hydrogen-bond acceptors (Lipinski definition) is 2. The Labute approximate surface area is 70.0 Å². The normalized spacial score (nSPS) is 25.7. The Bertz CT molecular complexity index is 202.